The summed E-state index contributed by atoms with van der Waals surface area (Å²) in [6.07, 6.45) is 1.08. The van der Waals surface area contributed by atoms with Crippen molar-refractivity contribution in [1.82, 2.24) is 0 Å². The van der Waals surface area contributed by atoms with E-state index < -0.39 is 0 Å². The van der Waals surface area contributed by atoms with E-state index in [0.717, 1.165) is 17.9 Å². The Morgan fingerprint density at radius 1 is 1.44 bits per heavy atom. The minimum atomic E-state index is 0.282. The van der Waals surface area contributed by atoms with Crippen LogP contribution in [0.5, 0.6) is 0 Å². The van der Waals surface area contributed by atoms with Crippen LogP contribution in [0.15, 0.2) is 16.5 Å². The van der Waals surface area contributed by atoms with Crippen molar-refractivity contribution in [2.45, 2.75) is 25.7 Å². The molecule has 1 aliphatic heterocycles. The van der Waals surface area contributed by atoms with Crippen LogP contribution in [0.1, 0.15) is 25.4 Å². The highest BCUT2D eigenvalue weighted by molar-refractivity contribution is 5.24. The smallest absolute Gasteiger partial charge is 0.110 e. The SMILES string of the molecule is CC1(C)Cc2ccc1o2. The first-order valence-corrected chi connectivity index (χ1v) is 3.28. The Kier molecular flexibility index (Phi) is 0.696. The van der Waals surface area contributed by atoms with E-state index in [0.29, 0.717) is 0 Å². The molecule has 0 saturated carbocycles. The summed E-state index contributed by atoms with van der Waals surface area (Å²) >= 11 is 0. The number of hydrogen-bond donors (Lipinski definition) is 0. The van der Waals surface area contributed by atoms with Gasteiger partial charge in [-0.3, -0.25) is 0 Å². The summed E-state index contributed by atoms with van der Waals surface area (Å²) in [4.78, 5) is 0. The van der Waals surface area contributed by atoms with Crippen molar-refractivity contribution in [3.05, 3.63) is 23.7 Å². The molecule has 0 spiro atoms. The van der Waals surface area contributed by atoms with Crippen LogP contribution in [0.2, 0.25) is 0 Å². The molecule has 0 aromatic carbocycles. The molecule has 0 saturated heterocycles. The summed E-state index contributed by atoms with van der Waals surface area (Å²) in [5.74, 6) is 2.27. The molecule has 2 rings (SSSR count). The maximum atomic E-state index is 5.41. The first kappa shape index (κ1) is 5.10. The molecule has 0 amide bonds. The van der Waals surface area contributed by atoms with Crippen molar-refractivity contribution in [1.29, 1.82) is 0 Å². The Bertz CT molecular complexity index is 232. The summed E-state index contributed by atoms with van der Waals surface area (Å²) in [5.41, 5.74) is 0.282. The van der Waals surface area contributed by atoms with Crippen molar-refractivity contribution in [2.75, 3.05) is 0 Å². The highest BCUT2D eigenvalue weighted by Crippen LogP contribution is 2.35. The van der Waals surface area contributed by atoms with Crippen molar-refractivity contribution < 1.29 is 4.42 Å². The van der Waals surface area contributed by atoms with Crippen molar-refractivity contribution in [2.24, 2.45) is 0 Å². The second-order valence-corrected chi connectivity index (χ2v) is 3.33. The number of hydrogen-bond acceptors (Lipinski definition) is 1. The maximum Gasteiger partial charge on any atom is 0.110 e. The molecule has 0 atom stereocenters. The fourth-order valence-corrected chi connectivity index (χ4v) is 1.36. The van der Waals surface area contributed by atoms with E-state index >= 15 is 0 Å². The predicted molar refractivity (Wildman–Crippen MR) is 35.4 cm³/mol. The molecule has 0 aliphatic carbocycles. The highest BCUT2D eigenvalue weighted by atomic mass is 16.3. The number of rotatable bonds is 0. The summed E-state index contributed by atoms with van der Waals surface area (Å²) in [6.45, 7) is 4.41. The third kappa shape index (κ3) is 0.546. The van der Waals surface area contributed by atoms with Gasteiger partial charge in [-0.15, -0.1) is 0 Å². The van der Waals surface area contributed by atoms with Gasteiger partial charge in [0.1, 0.15) is 11.5 Å². The van der Waals surface area contributed by atoms with Crippen molar-refractivity contribution >= 4 is 0 Å². The van der Waals surface area contributed by atoms with Crippen LogP contribution in [0.25, 0.3) is 0 Å². The van der Waals surface area contributed by atoms with Gasteiger partial charge in [0.05, 0.1) is 0 Å². The molecule has 0 radical (unpaired) electrons. The molecule has 0 fully saturated rings. The Labute approximate surface area is 54.7 Å². The lowest BCUT2D eigenvalue weighted by atomic mass is 9.85. The van der Waals surface area contributed by atoms with E-state index in [4.69, 9.17) is 4.42 Å². The second kappa shape index (κ2) is 1.23. The molecule has 2 bridgehead atoms. The van der Waals surface area contributed by atoms with Crippen LogP contribution in [-0.2, 0) is 11.8 Å². The lowest BCUT2D eigenvalue weighted by Crippen LogP contribution is -2.15. The van der Waals surface area contributed by atoms with E-state index in [9.17, 15) is 0 Å². The molecule has 0 N–H and O–H groups in total. The van der Waals surface area contributed by atoms with Crippen molar-refractivity contribution in [3.8, 4) is 0 Å². The zero-order chi connectivity index (χ0) is 6.48. The van der Waals surface area contributed by atoms with E-state index in [2.05, 4.69) is 26.0 Å². The van der Waals surface area contributed by atoms with E-state index in [-0.39, 0.29) is 5.41 Å². The first-order valence-electron chi connectivity index (χ1n) is 3.28. The normalized spacial score (nSPS) is 20.7. The minimum Gasteiger partial charge on any atom is -0.465 e. The molecule has 0 unspecified atom stereocenters. The maximum absolute atomic E-state index is 5.41. The monoisotopic (exact) mass is 122 g/mol. The molecule has 1 aromatic heterocycles. The van der Waals surface area contributed by atoms with Gasteiger partial charge < -0.3 is 4.42 Å². The van der Waals surface area contributed by atoms with Gasteiger partial charge in [-0.25, -0.2) is 0 Å². The average Bonchev–Trinajstić information content (AvgIpc) is 2.19. The average molecular weight is 122 g/mol. The van der Waals surface area contributed by atoms with Gasteiger partial charge >= 0.3 is 0 Å². The summed E-state index contributed by atoms with van der Waals surface area (Å²) in [6, 6.07) is 4.12. The summed E-state index contributed by atoms with van der Waals surface area (Å²) in [5, 5.41) is 0. The second-order valence-electron chi connectivity index (χ2n) is 3.33. The Morgan fingerprint density at radius 2 is 2.22 bits per heavy atom. The molecule has 1 aliphatic rings. The lowest BCUT2D eigenvalue weighted by Gasteiger charge is -2.14. The molecule has 1 heteroatoms. The van der Waals surface area contributed by atoms with Gasteiger partial charge in [-0.1, -0.05) is 13.8 Å². The molecule has 1 aromatic rings. The Morgan fingerprint density at radius 3 is 2.44 bits per heavy atom. The fourth-order valence-electron chi connectivity index (χ4n) is 1.36. The van der Waals surface area contributed by atoms with Crippen LogP contribution in [-0.4, -0.2) is 0 Å². The van der Waals surface area contributed by atoms with Gasteiger partial charge in [0, 0.05) is 11.8 Å². The van der Waals surface area contributed by atoms with Crippen LogP contribution >= 0.6 is 0 Å². The lowest BCUT2D eigenvalue weighted by molar-refractivity contribution is 0.475. The van der Waals surface area contributed by atoms with Gasteiger partial charge in [0.2, 0.25) is 0 Å². The molecule has 2 heterocycles. The number of furan rings is 1. The quantitative estimate of drug-likeness (QED) is 0.513. The Hall–Kier alpha value is -0.720. The highest BCUT2D eigenvalue weighted by Gasteiger charge is 2.31. The summed E-state index contributed by atoms with van der Waals surface area (Å²) < 4.78 is 5.41. The predicted octanol–water partition coefficient (Wildman–Crippen LogP) is 2.11. The van der Waals surface area contributed by atoms with Crippen LogP contribution in [0.3, 0.4) is 0 Å². The van der Waals surface area contributed by atoms with Gasteiger partial charge in [-0.05, 0) is 12.1 Å². The van der Waals surface area contributed by atoms with Gasteiger partial charge in [0.15, 0.2) is 0 Å². The fraction of sp³-hybridized carbons (Fsp3) is 0.500. The van der Waals surface area contributed by atoms with Crippen LogP contribution < -0.4 is 0 Å². The zero-order valence-corrected chi connectivity index (χ0v) is 5.77. The minimum absolute atomic E-state index is 0.282. The first-order chi connectivity index (χ1) is 4.18. The topological polar surface area (TPSA) is 13.1 Å². The molecule has 9 heavy (non-hydrogen) atoms. The standard InChI is InChI=1S/C8H10O/c1-8(2)5-6-3-4-7(8)9-6/h3-4H,5H2,1-2H3. The Balaban J connectivity index is 2.56. The van der Waals surface area contributed by atoms with E-state index in [1.54, 1.807) is 0 Å². The van der Waals surface area contributed by atoms with E-state index in [1.165, 1.54) is 0 Å². The molecular formula is C8H10O. The number of fused-ring (bicyclic) bond motifs is 2. The molecule has 1 nitrogen and oxygen atoms in total. The van der Waals surface area contributed by atoms with E-state index in [1.807, 2.05) is 0 Å². The summed E-state index contributed by atoms with van der Waals surface area (Å²) in [7, 11) is 0. The molecular weight excluding hydrogens is 112 g/mol. The third-order valence-corrected chi connectivity index (χ3v) is 1.94. The van der Waals surface area contributed by atoms with Crippen LogP contribution in [0, 0.1) is 0 Å². The van der Waals surface area contributed by atoms with Gasteiger partial charge in [0.25, 0.3) is 0 Å². The molecule has 48 valence electrons. The van der Waals surface area contributed by atoms with Crippen LogP contribution in [0.4, 0.5) is 0 Å². The van der Waals surface area contributed by atoms with Gasteiger partial charge in [-0.2, -0.15) is 0 Å². The van der Waals surface area contributed by atoms with Crippen molar-refractivity contribution in [3.63, 3.8) is 0 Å². The largest absolute Gasteiger partial charge is 0.465 e. The third-order valence-electron chi connectivity index (χ3n) is 1.94. The zero-order valence-electron chi connectivity index (χ0n) is 5.77.